The largest absolute Gasteiger partial charge is 0.445 e. The summed E-state index contributed by atoms with van der Waals surface area (Å²) in [5.41, 5.74) is 1.21. The quantitative estimate of drug-likeness (QED) is 0.442. The van der Waals surface area contributed by atoms with Crippen LogP contribution in [0.15, 0.2) is 36.9 Å². The Hall–Kier alpha value is -1.01. The van der Waals surface area contributed by atoms with Gasteiger partial charge in [-0.2, -0.15) is 0 Å². The van der Waals surface area contributed by atoms with Gasteiger partial charge in [0, 0.05) is 19.6 Å². The second-order valence-electron chi connectivity index (χ2n) is 7.86. The number of amides is 1. The van der Waals surface area contributed by atoms with E-state index < -0.39 is 9.89 Å². The maximum Gasteiger partial charge on any atom is 0.409 e. The van der Waals surface area contributed by atoms with Crippen LogP contribution in [0.5, 0.6) is 0 Å². The van der Waals surface area contributed by atoms with Gasteiger partial charge in [-0.05, 0) is 61.4 Å². The molecule has 2 saturated heterocycles. The molecule has 1 aromatic carbocycles. The summed E-state index contributed by atoms with van der Waals surface area (Å²) in [4.78, 5) is 16.4. The molecule has 160 valence electrons. The number of hydrogen-bond donors (Lipinski definition) is 0. The van der Waals surface area contributed by atoms with Crippen molar-refractivity contribution < 1.29 is 13.9 Å². The van der Waals surface area contributed by atoms with Gasteiger partial charge in [0.15, 0.2) is 0 Å². The lowest BCUT2D eigenvalue weighted by molar-refractivity contribution is 0.109. The number of carbonyl (C=O) groups is 1. The third kappa shape index (κ3) is 6.48. The molecule has 0 bridgehead atoms. The number of alkyl halides is 3. The molecule has 29 heavy (non-hydrogen) atoms. The molecule has 0 saturated carbocycles. The molecule has 2 aliphatic heterocycles. The minimum Gasteiger partial charge on any atom is -0.445 e. The number of nitrogens with zero attached hydrogens (tertiary/aromatic N) is 2. The monoisotopic (exact) mass is 462 g/mol. The van der Waals surface area contributed by atoms with Crippen LogP contribution in [-0.2, 0) is 4.74 Å². The zero-order valence-corrected chi connectivity index (χ0v) is 18.5. The van der Waals surface area contributed by atoms with Crippen molar-refractivity contribution >= 4 is 40.9 Å². The normalized spacial score (nSPS) is 23.9. The third-order valence-corrected chi connectivity index (χ3v) is 6.16. The van der Waals surface area contributed by atoms with Gasteiger partial charge in [0.25, 0.3) is 0 Å². The molecular weight excluding hydrogens is 438 g/mol. The molecule has 0 spiro atoms. The lowest BCUT2D eigenvalue weighted by Crippen LogP contribution is -2.38. The molecule has 0 aliphatic carbocycles. The summed E-state index contributed by atoms with van der Waals surface area (Å²) in [6, 6.07) is 6.85. The average molecular weight is 464 g/mol. The lowest BCUT2D eigenvalue weighted by atomic mass is 9.88. The van der Waals surface area contributed by atoms with E-state index in [-0.39, 0.29) is 18.3 Å². The highest BCUT2D eigenvalue weighted by atomic mass is 35.6. The number of piperidine rings is 1. The van der Waals surface area contributed by atoms with Crippen LogP contribution in [0.2, 0.25) is 0 Å². The number of benzene rings is 1. The van der Waals surface area contributed by atoms with Crippen LogP contribution in [0.3, 0.4) is 0 Å². The van der Waals surface area contributed by atoms with Crippen molar-refractivity contribution in [3.63, 3.8) is 0 Å². The topological polar surface area (TPSA) is 32.8 Å². The fourth-order valence-electron chi connectivity index (χ4n) is 4.26. The van der Waals surface area contributed by atoms with Gasteiger partial charge in [-0.15, -0.1) is 6.58 Å². The Labute approximate surface area is 186 Å². The molecule has 1 amide bonds. The second-order valence-corrected chi connectivity index (χ2v) is 10.4. The molecule has 4 nitrogen and oxygen atoms in total. The predicted octanol–water partition coefficient (Wildman–Crippen LogP) is 5.25. The molecule has 2 heterocycles. The molecule has 2 fully saturated rings. The number of ether oxygens (including phenoxy) is 1. The third-order valence-electron chi connectivity index (χ3n) is 5.83. The summed E-state index contributed by atoms with van der Waals surface area (Å²) in [7, 11) is 0. The minimum atomic E-state index is -1.61. The molecule has 1 unspecified atom stereocenters. The summed E-state index contributed by atoms with van der Waals surface area (Å²) in [5.74, 6) is 0.791. The van der Waals surface area contributed by atoms with E-state index >= 15 is 0 Å². The number of hydrogen-bond acceptors (Lipinski definition) is 3. The van der Waals surface area contributed by atoms with Crippen molar-refractivity contribution in [2.75, 3.05) is 39.3 Å². The molecule has 0 aromatic heterocycles. The predicted molar refractivity (Wildman–Crippen MR) is 115 cm³/mol. The van der Waals surface area contributed by atoms with Gasteiger partial charge >= 0.3 is 6.09 Å². The fourth-order valence-corrected chi connectivity index (χ4v) is 4.42. The van der Waals surface area contributed by atoms with E-state index in [1.165, 1.54) is 17.7 Å². The zero-order valence-electron chi connectivity index (χ0n) is 16.2. The number of carbonyl (C=O) groups excluding carboxylic acids is 1. The smallest absolute Gasteiger partial charge is 0.409 e. The van der Waals surface area contributed by atoms with Gasteiger partial charge in [-0.25, -0.2) is 9.18 Å². The first-order valence-corrected chi connectivity index (χ1v) is 11.0. The van der Waals surface area contributed by atoms with Crippen molar-refractivity contribution in [3.05, 3.63) is 48.3 Å². The Balaban J connectivity index is 1.49. The first kappa shape index (κ1) is 22.7. The molecule has 8 heteroatoms. The van der Waals surface area contributed by atoms with E-state index in [0.29, 0.717) is 24.9 Å². The fraction of sp³-hybridized carbons (Fsp3) is 0.571. The Morgan fingerprint density at radius 3 is 2.45 bits per heavy atom. The summed E-state index contributed by atoms with van der Waals surface area (Å²) >= 11 is 17.0. The van der Waals surface area contributed by atoms with Crippen LogP contribution in [-0.4, -0.2) is 59.0 Å². The zero-order chi connectivity index (χ0) is 21.0. The SMILES string of the molecule is C=C[C@@H]1CN(C(=O)OCC(Cl)(Cl)Cl)CC1CN1CCC(c2ccc(F)cc2)CC1. The van der Waals surface area contributed by atoms with E-state index in [2.05, 4.69) is 11.5 Å². The Morgan fingerprint density at radius 1 is 1.21 bits per heavy atom. The molecule has 2 aliphatic rings. The number of halogens is 4. The van der Waals surface area contributed by atoms with Gasteiger partial charge < -0.3 is 14.5 Å². The molecule has 0 radical (unpaired) electrons. The van der Waals surface area contributed by atoms with Crippen molar-refractivity contribution in [3.8, 4) is 0 Å². The van der Waals surface area contributed by atoms with Crippen molar-refractivity contribution in [2.45, 2.75) is 22.6 Å². The molecule has 0 N–H and O–H groups in total. The van der Waals surface area contributed by atoms with E-state index in [9.17, 15) is 9.18 Å². The van der Waals surface area contributed by atoms with Crippen LogP contribution in [0.4, 0.5) is 9.18 Å². The van der Waals surface area contributed by atoms with Gasteiger partial charge in [-0.3, -0.25) is 0 Å². The average Bonchev–Trinajstić information content (AvgIpc) is 3.10. The van der Waals surface area contributed by atoms with Crippen LogP contribution >= 0.6 is 34.8 Å². The summed E-state index contributed by atoms with van der Waals surface area (Å²) in [6.07, 6.45) is 3.55. The molecule has 3 rings (SSSR count). The van der Waals surface area contributed by atoms with E-state index in [1.807, 2.05) is 18.2 Å². The molecule has 1 aromatic rings. The lowest BCUT2D eigenvalue weighted by Gasteiger charge is -2.34. The molecular formula is C21H26Cl3FN2O2. The van der Waals surface area contributed by atoms with Crippen LogP contribution in [0.25, 0.3) is 0 Å². The Kier molecular flexibility index (Phi) is 7.71. The highest BCUT2D eigenvalue weighted by Gasteiger charge is 2.36. The van der Waals surface area contributed by atoms with Gasteiger partial charge in [0.1, 0.15) is 12.4 Å². The number of rotatable bonds is 5. The van der Waals surface area contributed by atoms with E-state index in [1.54, 1.807) is 4.90 Å². The Morgan fingerprint density at radius 2 is 1.86 bits per heavy atom. The standard InChI is InChI=1S/C21H26Cl3FN2O2/c1-2-15-12-27(20(28)29-14-21(22,23)24)13-18(15)11-26-9-7-17(8-10-26)16-3-5-19(25)6-4-16/h2-6,15,17-18H,1,7-14H2/t15-,18?/m1/s1. The maximum absolute atomic E-state index is 13.1. The highest BCUT2D eigenvalue weighted by molar-refractivity contribution is 6.67. The van der Waals surface area contributed by atoms with Crippen LogP contribution in [0, 0.1) is 17.7 Å². The van der Waals surface area contributed by atoms with E-state index in [0.717, 1.165) is 32.5 Å². The molecule has 2 atom stereocenters. The van der Waals surface area contributed by atoms with E-state index in [4.69, 9.17) is 39.5 Å². The van der Waals surface area contributed by atoms with Crippen LogP contribution < -0.4 is 0 Å². The van der Waals surface area contributed by atoms with Crippen LogP contribution in [0.1, 0.15) is 24.3 Å². The number of likely N-dealkylation sites (tertiary alicyclic amines) is 2. The van der Waals surface area contributed by atoms with Gasteiger partial charge in [-0.1, -0.05) is 53.0 Å². The summed E-state index contributed by atoms with van der Waals surface area (Å²) < 4.78 is 16.6. The second kappa shape index (κ2) is 9.86. The first-order chi connectivity index (χ1) is 13.7. The maximum atomic E-state index is 13.1. The minimum absolute atomic E-state index is 0.195. The van der Waals surface area contributed by atoms with Gasteiger partial charge in [0.05, 0.1) is 0 Å². The van der Waals surface area contributed by atoms with Crippen molar-refractivity contribution in [1.82, 2.24) is 9.80 Å². The summed E-state index contributed by atoms with van der Waals surface area (Å²) in [6.45, 7) is 7.71. The van der Waals surface area contributed by atoms with Crippen molar-refractivity contribution in [2.24, 2.45) is 11.8 Å². The van der Waals surface area contributed by atoms with Crippen molar-refractivity contribution in [1.29, 1.82) is 0 Å². The Bertz CT molecular complexity index is 703. The summed E-state index contributed by atoms with van der Waals surface area (Å²) in [5, 5.41) is 0. The first-order valence-electron chi connectivity index (χ1n) is 9.84. The highest BCUT2D eigenvalue weighted by Crippen LogP contribution is 2.32. The van der Waals surface area contributed by atoms with Gasteiger partial charge in [0.2, 0.25) is 3.79 Å².